The molecule has 0 bridgehead atoms. The SMILES string of the molecule is C=C(C)[C@@H]1CC[C@]2(CC(=O)NCCCN3CCN(C)CC3)CC[C@]3(C)[C@H](CC[C@@H]4[C@@]5(C)CC[C@H](OC(=O)CC(C)(C)CC(=O)O)C(C)(C)[C@@H]5CC[C@]43C)[C@@H]12. The maximum absolute atomic E-state index is 13.8. The van der Waals surface area contributed by atoms with E-state index in [-0.39, 0.29) is 57.9 Å². The molecule has 0 spiro atoms. The second-order valence-corrected chi connectivity index (χ2v) is 21.8. The molecule has 6 rings (SSSR count). The molecule has 0 aromatic heterocycles. The molecule has 2 N–H and O–H groups in total. The van der Waals surface area contributed by atoms with Crippen LogP contribution in [0.4, 0.5) is 0 Å². The van der Waals surface area contributed by atoms with Crippen molar-refractivity contribution >= 4 is 17.8 Å². The molecule has 0 aromatic carbocycles. The number of carbonyl (C=O) groups is 3. The third-order valence-corrected chi connectivity index (χ3v) is 17.8. The Hall–Kier alpha value is -1.93. The van der Waals surface area contributed by atoms with Crippen LogP contribution in [-0.2, 0) is 19.1 Å². The number of aliphatic carboxylic acids is 1. The highest BCUT2D eigenvalue weighted by Gasteiger charge is 2.71. The van der Waals surface area contributed by atoms with Crippen LogP contribution >= 0.6 is 0 Å². The molecule has 0 unspecified atom stereocenters. The molecule has 5 aliphatic carbocycles. The zero-order valence-corrected chi connectivity index (χ0v) is 35.8. The van der Waals surface area contributed by atoms with Crippen molar-refractivity contribution in [3.63, 3.8) is 0 Å². The third kappa shape index (κ3) is 7.47. The summed E-state index contributed by atoms with van der Waals surface area (Å²) in [5, 5.41) is 12.8. The Bertz CT molecular complexity index is 1430. The van der Waals surface area contributed by atoms with E-state index in [1.807, 2.05) is 13.8 Å². The van der Waals surface area contributed by atoms with Crippen molar-refractivity contribution in [1.29, 1.82) is 0 Å². The summed E-state index contributed by atoms with van der Waals surface area (Å²) in [7, 11) is 2.20. The number of carboxylic acid groups (broad SMARTS) is 1. The second-order valence-electron chi connectivity index (χ2n) is 21.8. The van der Waals surface area contributed by atoms with E-state index in [0.29, 0.717) is 36.0 Å². The van der Waals surface area contributed by atoms with Crippen LogP contribution in [-0.4, -0.2) is 85.2 Å². The number of allylic oxidation sites excluding steroid dienone is 1. The van der Waals surface area contributed by atoms with Gasteiger partial charge in [0.25, 0.3) is 0 Å². The second kappa shape index (κ2) is 15.1. The van der Waals surface area contributed by atoms with Gasteiger partial charge in [0.2, 0.25) is 5.91 Å². The summed E-state index contributed by atoms with van der Waals surface area (Å²) in [5.41, 5.74) is 1.18. The van der Waals surface area contributed by atoms with Crippen LogP contribution in [0.2, 0.25) is 0 Å². The monoisotopic (exact) mass is 752 g/mol. The molecule has 54 heavy (non-hydrogen) atoms. The minimum absolute atomic E-state index is 0.0451. The molecule has 0 aromatic rings. The molecule has 306 valence electrons. The first-order chi connectivity index (χ1) is 25.2. The number of ether oxygens (including phenoxy) is 1. The van der Waals surface area contributed by atoms with Gasteiger partial charge in [0.05, 0.1) is 12.8 Å². The zero-order chi connectivity index (χ0) is 39.5. The first-order valence-electron chi connectivity index (χ1n) is 21.9. The molecule has 10 atom stereocenters. The predicted molar refractivity (Wildman–Crippen MR) is 216 cm³/mol. The van der Waals surface area contributed by atoms with Gasteiger partial charge >= 0.3 is 11.9 Å². The van der Waals surface area contributed by atoms with Crippen LogP contribution < -0.4 is 5.32 Å². The van der Waals surface area contributed by atoms with Crippen molar-refractivity contribution in [2.45, 2.75) is 151 Å². The number of nitrogens with one attached hydrogen (secondary N) is 1. The molecule has 1 aliphatic heterocycles. The molecule has 6 fully saturated rings. The molecule has 1 amide bonds. The first kappa shape index (κ1) is 41.7. The van der Waals surface area contributed by atoms with Crippen molar-refractivity contribution in [2.24, 2.45) is 62.1 Å². The van der Waals surface area contributed by atoms with Gasteiger partial charge in [-0.05, 0) is 148 Å². The Morgan fingerprint density at radius 2 is 1.56 bits per heavy atom. The topological polar surface area (TPSA) is 99.2 Å². The number of hydrogen-bond donors (Lipinski definition) is 2. The number of nitrogens with zero attached hydrogens (tertiary/aromatic N) is 2. The van der Waals surface area contributed by atoms with Gasteiger partial charge in [0, 0.05) is 44.6 Å². The molecule has 8 nitrogen and oxygen atoms in total. The van der Waals surface area contributed by atoms with Gasteiger partial charge in [0.1, 0.15) is 6.10 Å². The number of fused-ring (bicyclic) bond motifs is 7. The average molecular weight is 752 g/mol. The summed E-state index contributed by atoms with van der Waals surface area (Å²) in [4.78, 5) is 43.4. The molecular weight excluding hydrogens is 675 g/mol. The number of hydrogen-bond acceptors (Lipinski definition) is 6. The highest BCUT2D eigenvalue weighted by atomic mass is 16.5. The highest BCUT2D eigenvalue weighted by molar-refractivity contribution is 5.77. The van der Waals surface area contributed by atoms with Gasteiger partial charge in [-0.2, -0.15) is 0 Å². The van der Waals surface area contributed by atoms with Crippen LogP contribution in [0.3, 0.4) is 0 Å². The molecule has 8 heteroatoms. The maximum Gasteiger partial charge on any atom is 0.306 e. The predicted octanol–water partition coefficient (Wildman–Crippen LogP) is 8.59. The standard InChI is InChI=1S/C46H77N3O5/c1-31(2)32-14-19-46(28-37(50)47-22-11-23-49-26-24-48(10)25-27-49)21-20-44(8)33(40(32)46)12-13-35-43(7)17-16-36(42(5,6)34(43)15-18-45(35,44)9)54-39(53)30-41(3,4)29-38(51)52/h32-36,40H,1,11-30H2,2-10H3,(H,47,50)(H,51,52)/t32-,33+,34-,35+,36-,40+,43-,44+,45+,46+/m0/s1. The third-order valence-electron chi connectivity index (χ3n) is 17.8. The van der Waals surface area contributed by atoms with E-state index < -0.39 is 11.4 Å². The van der Waals surface area contributed by atoms with Crippen LogP contribution in [0.5, 0.6) is 0 Å². The number of esters is 1. The number of likely N-dealkylation sites (N-methyl/N-ethyl adjacent to an activating group) is 1. The van der Waals surface area contributed by atoms with Crippen molar-refractivity contribution in [2.75, 3.05) is 46.3 Å². The fourth-order valence-corrected chi connectivity index (χ4v) is 14.8. The summed E-state index contributed by atoms with van der Waals surface area (Å²) in [5.74, 6) is 1.81. The Labute approximate surface area is 328 Å². The Morgan fingerprint density at radius 3 is 2.22 bits per heavy atom. The van der Waals surface area contributed by atoms with Crippen molar-refractivity contribution < 1.29 is 24.2 Å². The average Bonchev–Trinajstić information content (AvgIpc) is 3.44. The fourth-order valence-electron chi connectivity index (χ4n) is 14.8. The zero-order valence-electron chi connectivity index (χ0n) is 35.8. The number of piperazine rings is 1. The Morgan fingerprint density at radius 1 is 0.852 bits per heavy atom. The lowest BCUT2D eigenvalue weighted by Gasteiger charge is -2.73. The smallest absolute Gasteiger partial charge is 0.306 e. The lowest BCUT2D eigenvalue weighted by molar-refractivity contribution is -0.250. The van der Waals surface area contributed by atoms with Crippen molar-refractivity contribution in [1.82, 2.24) is 15.1 Å². The van der Waals surface area contributed by atoms with Gasteiger partial charge in [-0.3, -0.25) is 14.4 Å². The largest absolute Gasteiger partial charge is 0.481 e. The summed E-state index contributed by atoms with van der Waals surface area (Å²) in [6.07, 6.45) is 13.0. The minimum Gasteiger partial charge on any atom is -0.481 e. The van der Waals surface area contributed by atoms with E-state index in [2.05, 4.69) is 70.3 Å². The number of carboxylic acids is 1. The molecule has 0 radical (unpaired) electrons. The molecular formula is C46H77N3O5. The summed E-state index contributed by atoms with van der Waals surface area (Å²) < 4.78 is 6.29. The van der Waals surface area contributed by atoms with E-state index in [9.17, 15) is 19.5 Å². The normalized spacial score (nSPS) is 40.8. The van der Waals surface area contributed by atoms with Gasteiger partial charge < -0.3 is 25.0 Å². The Balaban J connectivity index is 1.15. The first-order valence-corrected chi connectivity index (χ1v) is 21.9. The summed E-state index contributed by atoms with van der Waals surface area (Å²) in [6.45, 7) is 29.5. The van der Waals surface area contributed by atoms with Gasteiger partial charge in [-0.25, -0.2) is 0 Å². The van der Waals surface area contributed by atoms with Crippen LogP contribution in [0.15, 0.2) is 12.2 Å². The lowest BCUT2D eigenvalue weighted by atomic mass is 9.32. The van der Waals surface area contributed by atoms with Gasteiger partial charge in [-0.15, -0.1) is 0 Å². The van der Waals surface area contributed by atoms with Crippen LogP contribution in [0, 0.1) is 62.1 Å². The summed E-state index contributed by atoms with van der Waals surface area (Å²) >= 11 is 0. The Kier molecular flexibility index (Phi) is 11.7. The van der Waals surface area contributed by atoms with E-state index in [1.165, 1.54) is 37.7 Å². The van der Waals surface area contributed by atoms with E-state index in [1.54, 1.807) is 0 Å². The highest BCUT2D eigenvalue weighted by Crippen LogP contribution is 2.78. The maximum atomic E-state index is 13.8. The van der Waals surface area contributed by atoms with E-state index >= 15 is 0 Å². The minimum atomic E-state index is -0.880. The van der Waals surface area contributed by atoms with Crippen molar-refractivity contribution in [3.05, 3.63) is 12.2 Å². The van der Waals surface area contributed by atoms with E-state index in [4.69, 9.17) is 4.74 Å². The van der Waals surface area contributed by atoms with Crippen LogP contribution in [0.25, 0.3) is 0 Å². The molecule has 5 saturated carbocycles. The number of amides is 1. The quantitative estimate of drug-likeness (QED) is 0.117. The van der Waals surface area contributed by atoms with Crippen LogP contribution in [0.1, 0.15) is 145 Å². The summed E-state index contributed by atoms with van der Waals surface area (Å²) in [6, 6.07) is 0. The van der Waals surface area contributed by atoms with E-state index in [0.717, 1.165) is 77.8 Å². The molecule has 1 heterocycles. The lowest BCUT2D eigenvalue weighted by Crippen LogP contribution is -2.67. The van der Waals surface area contributed by atoms with Crippen molar-refractivity contribution in [3.8, 4) is 0 Å². The number of rotatable bonds is 12. The molecule has 1 saturated heterocycles. The fraction of sp³-hybridized carbons (Fsp3) is 0.891. The molecule has 6 aliphatic rings. The van der Waals surface area contributed by atoms with Gasteiger partial charge in [0.15, 0.2) is 0 Å². The number of carbonyl (C=O) groups excluding carboxylic acids is 2. The van der Waals surface area contributed by atoms with Gasteiger partial charge in [-0.1, -0.05) is 60.6 Å².